The number of carboxylic acid groups (broad SMARTS) is 1. The summed E-state index contributed by atoms with van der Waals surface area (Å²) < 4.78 is 13.6. The van der Waals surface area contributed by atoms with Crippen LogP contribution in [0.25, 0.3) is 0 Å². The van der Waals surface area contributed by atoms with Crippen molar-refractivity contribution in [3.05, 3.63) is 59.2 Å². The van der Waals surface area contributed by atoms with Gasteiger partial charge in [-0.25, -0.2) is 9.18 Å². The van der Waals surface area contributed by atoms with E-state index < -0.39 is 29.8 Å². The van der Waals surface area contributed by atoms with E-state index in [-0.39, 0.29) is 12.0 Å². The first kappa shape index (κ1) is 14.6. The summed E-state index contributed by atoms with van der Waals surface area (Å²) in [4.78, 5) is 36.2. The van der Waals surface area contributed by atoms with E-state index in [0.29, 0.717) is 11.1 Å². The third kappa shape index (κ3) is 3.42. The van der Waals surface area contributed by atoms with Gasteiger partial charge in [0.15, 0.2) is 5.78 Å². The molecule has 0 unspecified atom stereocenters. The lowest BCUT2D eigenvalue weighted by Gasteiger charge is -2.04. The smallest absolute Gasteiger partial charge is 0.372 e. The lowest BCUT2D eigenvalue weighted by atomic mass is 9.99. The largest absolute Gasteiger partial charge is 0.475 e. The molecule has 5 nitrogen and oxygen atoms in total. The number of carboxylic acids is 1. The third-order valence-corrected chi connectivity index (χ3v) is 3.03. The number of hydrogen-bond donors (Lipinski definition) is 2. The highest BCUT2D eigenvalue weighted by molar-refractivity contribution is 6.37. The molecule has 0 aliphatic heterocycles. The summed E-state index contributed by atoms with van der Waals surface area (Å²) in [7, 11) is 0. The second-order valence-corrected chi connectivity index (χ2v) is 4.49. The molecule has 0 aliphatic rings. The number of aromatic nitrogens is 1. The van der Waals surface area contributed by atoms with E-state index in [9.17, 15) is 18.8 Å². The number of rotatable bonds is 6. The van der Waals surface area contributed by atoms with Crippen LogP contribution < -0.4 is 0 Å². The maximum absolute atomic E-state index is 13.6. The van der Waals surface area contributed by atoms with Crippen molar-refractivity contribution in [1.82, 2.24) is 4.98 Å². The summed E-state index contributed by atoms with van der Waals surface area (Å²) >= 11 is 0. The van der Waals surface area contributed by atoms with Gasteiger partial charge >= 0.3 is 5.97 Å². The quantitative estimate of drug-likeness (QED) is 0.483. The van der Waals surface area contributed by atoms with Gasteiger partial charge in [0, 0.05) is 24.4 Å². The number of nitrogens with one attached hydrogen (secondary N) is 1. The van der Waals surface area contributed by atoms with Gasteiger partial charge in [-0.2, -0.15) is 0 Å². The number of benzene rings is 1. The Bertz CT molecular complexity index is 705. The van der Waals surface area contributed by atoms with Crippen LogP contribution in [-0.2, 0) is 16.0 Å². The fourth-order valence-corrected chi connectivity index (χ4v) is 1.97. The first-order valence-electron chi connectivity index (χ1n) is 6.17. The zero-order valence-corrected chi connectivity index (χ0v) is 10.9. The van der Waals surface area contributed by atoms with Gasteiger partial charge in [0.1, 0.15) is 5.82 Å². The Morgan fingerprint density at radius 3 is 2.48 bits per heavy atom. The summed E-state index contributed by atoms with van der Waals surface area (Å²) in [5.74, 6) is -3.80. The highest BCUT2D eigenvalue weighted by Gasteiger charge is 2.20. The summed E-state index contributed by atoms with van der Waals surface area (Å²) in [5, 5.41) is 8.51. The Balaban J connectivity index is 2.19. The van der Waals surface area contributed by atoms with E-state index in [1.807, 2.05) is 0 Å². The monoisotopic (exact) mass is 289 g/mol. The molecule has 0 fully saturated rings. The van der Waals surface area contributed by atoms with Crippen molar-refractivity contribution in [2.75, 3.05) is 0 Å². The molecule has 1 heterocycles. The first-order chi connectivity index (χ1) is 9.99. The average molecular weight is 289 g/mol. The topological polar surface area (TPSA) is 87.2 Å². The molecule has 0 atom stereocenters. The highest BCUT2D eigenvalue weighted by atomic mass is 19.1. The number of hydrogen-bond acceptors (Lipinski definition) is 3. The fourth-order valence-electron chi connectivity index (χ4n) is 1.97. The van der Waals surface area contributed by atoms with Crippen molar-refractivity contribution in [2.24, 2.45) is 0 Å². The molecule has 2 aromatic rings. The maximum Gasteiger partial charge on any atom is 0.372 e. The first-order valence-corrected chi connectivity index (χ1v) is 6.17. The summed E-state index contributed by atoms with van der Waals surface area (Å²) in [6.45, 7) is 0. The minimum absolute atomic E-state index is 0.179. The van der Waals surface area contributed by atoms with Crippen LogP contribution in [0.1, 0.15) is 27.9 Å². The number of carbonyl (C=O) groups excluding carboxylic acids is 2. The molecule has 1 aromatic heterocycles. The molecule has 6 heteroatoms. The molecular formula is C15H12FNO4. The molecular weight excluding hydrogens is 277 g/mol. The number of aliphatic carboxylic acids is 1. The molecule has 0 bridgehead atoms. The summed E-state index contributed by atoms with van der Waals surface area (Å²) in [6.07, 6.45) is 2.38. The molecule has 1 aromatic carbocycles. The van der Waals surface area contributed by atoms with E-state index in [4.69, 9.17) is 5.11 Å². The maximum atomic E-state index is 13.6. The van der Waals surface area contributed by atoms with Gasteiger partial charge in [0.2, 0.25) is 5.78 Å². The zero-order valence-electron chi connectivity index (χ0n) is 10.9. The number of Topliss-reactive ketones (excluding diaryl/α,β-unsaturated/α-hetero) is 2. The normalized spacial score (nSPS) is 10.3. The Morgan fingerprint density at radius 2 is 1.81 bits per heavy atom. The van der Waals surface area contributed by atoms with Gasteiger partial charge in [-0.1, -0.05) is 18.2 Å². The van der Waals surface area contributed by atoms with Crippen LogP contribution in [0.2, 0.25) is 0 Å². The Labute approximate surface area is 119 Å². The van der Waals surface area contributed by atoms with Crippen molar-refractivity contribution < 1.29 is 23.9 Å². The second kappa shape index (κ2) is 6.13. The zero-order chi connectivity index (χ0) is 15.4. The lowest BCUT2D eigenvalue weighted by Crippen LogP contribution is -2.17. The van der Waals surface area contributed by atoms with Gasteiger partial charge < -0.3 is 10.1 Å². The third-order valence-electron chi connectivity index (χ3n) is 3.03. The van der Waals surface area contributed by atoms with Crippen molar-refractivity contribution in [2.45, 2.75) is 12.8 Å². The number of H-pyrrole nitrogens is 1. The molecule has 0 aliphatic carbocycles. The number of aromatic amines is 1. The van der Waals surface area contributed by atoms with Crippen LogP contribution in [0.5, 0.6) is 0 Å². The molecule has 0 spiro atoms. The molecule has 0 amide bonds. The predicted molar refractivity (Wildman–Crippen MR) is 71.6 cm³/mol. The standard InChI is InChI=1S/C15H12FNO4/c16-12-4-2-1-3-9(12)5-10-7-17-8-11(10)13(18)6-14(19)15(20)21/h1-4,7-8,17H,5-6H2,(H,20,21). The number of carbonyl (C=O) groups is 3. The van der Waals surface area contributed by atoms with E-state index in [2.05, 4.69) is 4.98 Å². The van der Waals surface area contributed by atoms with Gasteiger partial charge in [0.25, 0.3) is 0 Å². The second-order valence-electron chi connectivity index (χ2n) is 4.49. The Morgan fingerprint density at radius 1 is 1.10 bits per heavy atom. The fraction of sp³-hybridized carbons (Fsp3) is 0.133. The SMILES string of the molecule is O=C(O)C(=O)CC(=O)c1c[nH]cc1Cc1ccccc1F. The molecule has 2 N–H and O–H groups in total. The van der Waals surface area contributed by atoms with E-state index >= 15 is 0 Å². The highest BCUT2D eigenvalue weighted by Crippen LogP contribution is 2.18. The van der Waals surface area contributed by atoms with Crippen LogP contribution in [0.4, 0.5) is 4.39 Å². The van der Waals surface area contributed by atoms with Crippen molar-refractivity contribution in [1.29, 1.82) is 0 Å². The van der Waals surface area contributed by atoms with Crippen molar-refractivity contribution in [3.8, 4) is 0 Å². The minimum Gasteiger partial charge on any atom is -0.475 e. The van der Waals surface area contributed by atoms with E-state index in [1.165, 1.54) is 18.5 Å². The Kier molecular flexibility index (Phi) is 4.27. The molecule has 0 radical (unpaired) electrons. The van der Waals surface area contributed by atoms with Crippen LogP contribution in [-0.4, -0.2) is 27.6 Å². The molecule has 0 saturated heterocycles. The molecule has 2 rings (SSSR count). The van der Waals surface area contributed by atoms with Gasteiger partial charge in [-0.3, -0.25) is 9.59 Å². The Hall–Kier alpha value is -2.76. The van der Waals surface area contributed by atoms with Gasteiger partial charge in [-0.15, -0.1) is 0 Å². The van der Waals surface area contributed by atoms with Crippen LogP contribution in [0.15, 0.2) is 36.7 Å². The molecule has 108 valence electrons. The number of halogens is 1. The van der Waals surface area contributed by atoms with E-state index in [0.717, 1.165) is 0 Å². The number of ketones is 2. The minimum atomic E-state index is -1.64. The van der Waals surface area contributed by atoms with Crippen LogP contribution in [0.3, 0.4) is 0 Å². The summed E-state index contributed by atoms with van der Waals surface area (Å²) in [6, 6.07) is 6.16. The predicted octanol–water partition coefficient (Wildman–Crippen LogP) is 1.97. The van der Waals surface area contributed by atoms with E-state index in [1.54, 1.807) is 18.2 Å². The lowest BCUT2D eigenvalue weighted by molar-refractivity contribution is -0.148. The van der Waals surface area contributed by atoms with Crippen LogP contribution in [0, 0.1) is 5.82 Å². The van der Waals surface area contributed by atoms with Crippen LogP contribution >= 0.6 is 0 Å². The molecule has 0 saturated carbocycles. The van der Waals surface area contributed by atoms with Gasteiger partial charge in [-0.05, 0) is 17.2 Å². The molecule has 21 heavy (non-hydrogen) atoms. The van der Waals surface area contributed by atoms with Crippen molar-refractivity contribution in [3.63, 3.8) is 0 Å². The summed E-state index contributed by atoms with van der Waals surface area (Å²) in [5.41, 5.74) is 1.13. The van der Waals surface area contributed by atoms with Gasteiger partial charge in [0.05, 0.1) is 6.42 Å². The van der Waals surface area contributed by atoms with Crippen molar-refractivity contribution >= 4 is 17.5 Å². The average Bonchev–Trinajstić information content (AvgIpc) is 2.89.